The summed E-state index contributed by atoms with van der Waals surface area (Å²) in [6, 6.07) is 116. The smallest absolute Gasteiger partial charge is 0.0713 e. The number of para-hydroxylation sites is 3. The predicted octanol–water partition coefficient (Wildman–Crippen LogP) is 20.4. The number of hydrogen-bond acceptors (Lipinski definition) is 1. The molecule has 2 nitrogen and oxygen atoms in total. The number of nitrogens with zero attached hydrogens (tertiary/aromatic N) is 2. The van der Waals surface area contributed by atoms with Crippen LogP contribution in [0, 0.1) is 0 Å². The van der Waals surface area contributed by atoms with Crippen molar-refractivity contribution in [3.8, 4) is 61.3 Å². The van der Waals surface area contributed by atoms with Crippen LogP contribution >= 0.6 is 0 Å². The monoisotopic (exact) mass is 1000 g/mol. The molecule has 1 aliphatic rings. The molecule has 1 heterocycles. The van der Waals surface area contributed by atoms with Crippen molar-refractivity contribution in [3.05, 3.63) is 338 Å². The Morgan fingerprint density at radius 1 is 0.266 bits per heavy atom. The van der Waals surface area contributed by atoms with Gasteiger partial charge in [-0.05, 0) is 144 Å². The SMILES string of the molecule is c1ccc(-c2cccc3cccc(-c4ccc(N(c5ccc(C6(c7ccccc7)c7ccccc7-c7ccccc76)cc5)c5cccc(-c6cccc(-c7ccccc7-n7c8ccccc8c8ccccc87)c6)c5)cc4)c23)cc1. The number of aromatic nitrogens is 1. The van der Waals surface area contributed by atoms with Gasteiger partial charge in [-0.1, -0.05) is 255 Å². The van der Waals surface area contributed by atoms with E-state index in [0.29, 0.717) is 0 Å². The van der Waals surface area contributed by atoms with Crippen LogP contribution in [0.4, 0.5) is 17.1 Å². The average Bonchev–Trinajstić information content (AvgIpc) is 4.19. The summed E-state index contributed by atoms with van der Waals surface area (Å²) < 4.78 is 2.43. The molecule has 0 unspecified atom stereocenters. The fraction of sp³-hybridized carbons (Fsp3) is 0.0130. The maximum Gasteiger partial charge on any atom is 0.0713 e. The number of rotatable bonds is 10. The molecular weight excluding hydrogens is 953 g/mol. The summed E-state index contributed by atoms with van der Waals surface area (Å²) in [5.41, 5.74) is 23.4. The molecule has 370 valence electrons. The Balaban J connectivity index is 0.868. The zero-order valence-corrected chi connectivity index (χ0v) is 43.4. The van der Waals surface area contributed by atoms with Crippen molar-refractivity contribution >= 4 is 49.6 Å². The molecule has 0 saturated carbocycles. The number of hydrogen-bond donors (Lipinski definition) is 0. The Morgan fingerprint density at radius 2 is 0.709 bits per heavy atom. The number of benzene rings is 13. The van der Waals surface area contributed by atoms with Gasteiger partial charge in [0.2, 0.25) is 0 Å². The molecule has 1 aliphatic carbocycles. The van der Waals surface area contributed by atoms with E-state index in [1.54, 1.807) is 0 Å². The van der Waals surface area contributed by atoms with E-state index in [2.05, 4.69) is 325 Å². The van der Waals surface area contributed by atoms with E-state index >= 15 is 0 Å². The quantitative estimate of drug-likeness (QED) is 0.133. The van der Waals surface area contributed by atoms with Gasteiger partial charge >= 0.3 is 0 Å². The van der Waals surface area contributed by atoms with E-state index in [1.165, 1.54) is 93.8 Å². The second kappa shape index (κ2) is 19.1. The maximum absolute atomic E-state index is 2.43. The normalized spacial score (nSPS) is 12.4. The van der Waals surface area contributed by atoms with Crippen LogP contribution in [0.25, 0.3) is 93.9 Å². The van der Waals surface area contributed by atoms with Gasteiger partial charge in [0.25, 0.3) is 0 Å². The van der Waals surface area contributed by atoms with Gasteiger partial charge < -0.3 is 9.47 Å². The van der Waals surface area contributed by atoms with Gasteiger partial charge in [0, 0.05) is 33.4 Å². The van der Waals surface area contributed by atoms with E-state index in [4.69, 9.17) is 0 Å². The lowest BCUT2D eigenvalue weighted by molar-refractivity contribution is 0.768. The lowest BCUT2D eigenvalue weighted by Crippen LogP contribution is -2.28. The molecule has 0 aliphatic heterocycles. The van der Waals surface area contributed by atoms with Crippen LogP contribution in [0.2, 0.25) is 0 Å². The van der Waals surface area contributed by atoms with Crippen molar-refractivity contribution in [1.29, 1.82) is 0 Å². The third-order valence-electron chi connectivity index (χ3n) is 16.5. The third kappa shape index (κ3) is 7.56. The van der Waals surface area contributed by atoms with Gasteiger partial charge in [0.15, 0.2) is 0 Å². The highest BCUT2D eigenvalue weighted by atomic mass is 15.1. The molecule has 0 fully saturated rings. The van der Waals surface area contributed by atoms with Crippen LogP contribution in [0.5, 0.6) is 0 Å². The van der Waals surface area contributed by atoms with Gasteiger partial charge in [-0.2, -0.15) is 0 Å². The zero-order chi connectivity index (χ0) is 52.3. The summed E-state index contributed by atoms with van der Waals surface area (Å²) in [7, 11) is 0. The molecule has 0 amide bonds. The van der Waals surface area contributed by atoms with Crippen molar-refractivity contribution in [2.75, 3.05) is 4.90 Å². The third-order valence-corrected chi connectivity index (χ3v) is 16.5. The van der Waals surface area contributed by atoms with E-state index in [0.717, 1.165) is 39.4 Å². The van der Waals surface area contributed by atoms with Crippen LogP contribution < -0.4 is 4.90 Å². The van der Waals surface area contributed by atoms with Crippen LogP contribution in [-0.4, -0.2) is 4.57 Å². The van der Waals surface area contributed by atoms with E-state index in [1.807, 2.05) is 0 Å². The van der Waals surface area contributed by atoms with Gasteiger partial charge in [-0.3, -0.25) is 0 Å². The number of anilines is 3. The largest absolute Gasteiger partial charge is 0.310 e. The molecule has 0 N–H and O–H groups in total. The Hall–Kier alpha value is -10.3. The summed E-state index contributed by atoms with van der Waals surface area (Å²) in [6.07, 6.45) is 0. The first-order valence-electron chi connectivity index (χ1n) is 27.3. The molecule has 13 aromatic carbocycles. The minimum atomic E-state index is -0.498. The Morgan fingerprint density at radius 3 is 1.35 bits per heavy atom. The molecule has 0 bridgehead atoms. The molecule has 2 heteroatoms. The van der Waals surface area contributed by atoms with E-state index < -0.39 is 5.41 Å². The minimum Gasteiger partial charge on any atom is -0.310 e. The van der Waals surface area contributed by atoms with Crippen molar-refractivity contribution in [2.24, 2.45) is 0 Å². The van der Waals surface area contributed by atoms with Gasteiger partial charge in [0.05, 0.1) is 22.1 Å². The first kappa shape index (κ1) is 46.1. The van der Waals surface area contributed by atoms with Gasteiger partial charge in [-0.15, -0.1) is 0 Å². The summed E-state index contributed by atoms with van der Waals surface area (Å²) in [5.74, 6) is 0. The molecule has 14 aromatic rings. The highest BCUT2D eigenvalue weighted by Gasteiger charge is 2.45. The van der Waals surface area contributed by atoms with Crippen LogP contribution in [-0.2, 0) is 5.41 Å². The number of fused-ring (bicyclic) bond motifs is 7. The fourth-order valence-corrected chi connectivity index (χ4v) is 13.0. The topological polar surface area (TPSA) is 8.17 Å². The molecular formula is C77H52N2. The van der Waals surface area contributed by atoms with Gasteiger partial charge in [0.1, 0.15) is 0 Å². The predicted molar refractivity (Wildman–Crippen MR) is 332 cm³/mol. The van der Waals surface area contributed by atoms with Gasteiger partial charge in [-0.25, -0.2) is 0 Å². The molecule has 79 heavy (non-hydrogen) atoms. The highest BCUT2D eigenvalue weighted by Crippen LogP contribution is 2.56. The first-order chi connectivity index (χ1) is 39.2. The summed E-state index contributed by atoms with van der Waals surface area (Å²) in [6.45, 7) is 0. The lowest BCUT2D eigenvalue weighted by Gasteiger charge is -2.34. The molecule has 1 aromatic heterocycles. The minimum absolute atomic E-state index is 0.498. The van der Waals surface area contributed by atoms with E-state index in [-0.39, 0.29) is 0 Å². The maximum atomic E-state index is 2.43. The highest BCUT2D eigenvalue weighted by molar-refractivity contribution is 6.10. The first-order valence-corrected chi connectivity index (χ1v) is 27.3. The summed E-state index contributed by atoms with van der Waals surface area (Å²) >= 11 is 0. The van der Waals surface area contributed by atoms with Crippen molar-refractivity contribution in [1.82, 2.24) is 4.57 Å². The Bertz CT molecular complexity index is 4480. The van der Waals surface area contributed by atoms with Crippen molar-refractivity contribution in [3.63, 3.8) is 0 Å². The molecule has 15 rings (SSSR count). The molecule has 0 spiro atoms. The molecule has 0 saturated heterocycles. The summed E-state index contributed by atoms with van der Waals surface area (Å²) in [4.78, 5) is 2.42. The van der Waals surface area contributed by atoms with E-state index in [9.17, 15) is 0 Å². The lowest BCUT2D eigenvalue weighted by atomic mass is 9.68. The average molecular weight is 1010 g/mol. The molecule has 0 radical (unpaired) electrons. The van der Waals surface area contributed by atoms with Crippen LogP contribution in [0.15, 0.2) is 315 Å². The van der Waals surface area contributed by atoms with Crippen molar-refractivity contribution < 1.29 is 0 Å². The standard InChI is InChI=1S/C77H52N2/c1-3-21-53(22-4-1)65-36-19-23-55-24-20-37-66(76(55)65)54-43-47-61(48-44-54)78(62-49-45-60(46-50-62)77(59-28-5-2-6-29-59)71-38-12-7-32-67(71)68-33-8-13-39-72(68)77)63-30-18-26-57(52-63)56-25-17-27-58(51-56)64-31-9-14-40-73(64)79-74-41-15-10-34-69(74)70-35-11-16-42-75(70)79/h1-52H. The Kier molecular flexibility index (Phi) is 11.1. The van der Waals surface area contributed by atoms with Crippen molar-refractivity contribution in [2.45, 2.75) is 5.41 Å². The second-order valence-corrected chi connectivity index (χ2v) is 20.7. The second-order valence-electron chi connectivity index (χ2n) is 20.7. The Labute approximate surface area is 461 Å². The zero-order valence-electron chi connectivity index (χ0n) is 43.4. The summed E-state index contributed by atoms with van der Waals surface area (Å²) in [5, 5.41) is 4.99. The fourth-order valence-electron chi connectivity index (χ4n) is 13.0. The molecule has 0 atom stereocenters. The van der Waals surface area contributed by atoms with Crippen LogP contribution in [0.3, 0.4) is 0 Å². The van der Waals surface area contributed by atoms with Crippen LogP contribution in [0.1, 0.15) is 22.3 Å².